The standard InChI is InChI=1S/C26H28N6O2/c33-25(28-12-5-13-30-14-16-31(17-15-30)22-7-2-1-3-8-22)32-24-18-20(21-6-4-11-27-19-21)9-10-23(24)29-26(32)34/h1-4,6-11,18-19H,5,12-17H2,(H,28,33)(H,29,34). The van der Waals surface area contributed by atoms with Crippen LogP contribution in [0.5, 0.6) is 0 Å². The third-order valence-electron chi connectivity index (χ3n) is 6.30. The topological polar surface area (TPSA) is 86.3 Å². The molecule has 1 saturated heterocycles. The van der Waals surface area contributed by atoms with Gasteiger partial charge in [-0.25, -0.2) is 14.2 Å². The van der Waals surface area contributed by atoms with Crippen molar-refractivity contribution in [2.24, 2.45) is 0 Å². The quantitative estimate of drug-likeness (QED) is 0.435. The number of piperazine rings is 1. The van der Waals surface area contributed by atoms with Gasteiger partial charge in [0.15, 0.2) is 0 Å². The second kappa shape index (κ2) is 9.93. The molecule has 1 amide bonds. The van der Waals surface area contributed by atoms with Gasteiger partial charge in [0.1, 0.15) is 0 Å². The normalized spacial score (nSPS) is 14.4. The maximum atomic E-state index is 12.8. The molecule has 2 aromatic heterocycles. The molecule has 174 valence electrons. The molecule has 0 saturated carbocycles. The molecule has 8 heteroatoms. The van der Waals surface area contributed by atoms with Gasteiger partial charge in [0, 0.05) is 56.4 Å². The summed E-state index contributed by atoms with van der Waals surface area (Å²) in [7, 11) is 0. The van der Waals surface area contributed by atoms with E-state index in [4.69, 9.17) is 0 Å². The zero-order chi connectivity index (χ0) is 23.3. The first-order chi connectivity index (χ1) is 16.7. The van der Waals surface area contributed by atoms with Crippen molar-refractivity contribution >= 4 is 22.8 Å². The van der Waals surface area contributed by atoms with Crippen molar-refractivity contribution < 1.29 is 4.79 Å². The number of nitrogens with one attached hydrogen (secondary N) is 2. The van der Waals surface area contributed by atoms with E-state index >= 15 is 0 Å². The lowest BCUT2D eigenvalue weighted by molar-refractivity contribution is 0.237. The lowest BCUT2D eigenvalue weighted by Crippen LogP contribution is -2.47. The molecule has 8 nitrogen and oxygen atoms in total. The minimum Gasteiger partial charge on any atom is -0.369 e. The van der Waals surface area contributed by atoms with Crippen LogP contribution in [0.15, 0.2) is 77.9 Å². The van der Waals surface area contributed by atoms with Crippen molar-refractivity contribution in [3.8, 4) is 11.1 Å². The van der Waals surface area contributed by atoms with Crippen LogP contribution in [0.3, 0.4) is 0 Å². The van der Waals surface area contributed by atoms with Crippen LogP contribution in [0, 0.1) is 0 Å². The highest BCUT2D eigenvalue weighted by Crippen LogP contribution is 2.22. The number of pyridine rings is 1. The lowest BCUT2D eigenvalue weighted by Gasteiger charge is -2.36. The number of fused-ring (bicyclic) bond motifs is 1. The highest BCUT2D eigenvalue weighted by atomic mass is 16.2. The summed E-state index contributed by atoms with van der Waals surface area (Å²) < 4.78 is 1.17. The third-order valence-corrected chi connectivity index (χ3v) is 6.30. The smallest absolute Gasteiger partial charge is 0.334 e. The van der Waals surface area contributed by atoms with Gasteiger partial charge in [-0.05, 0) is 48.9 Å². The summed E-state index contributed by atoms with van der Waals surface area (Å²) in [6.45, 7) is 5.43. The number of carbonyl (C=O) groups is 1. The number of H-pyrrole nitrogens is 1. The van der Waals surface area contributed by atoms with Crippen molar-refractivity contribution in [3.05, 3.63) is 83.5 Å². The molecular weight excluding hydrogens is 428 g/mol. The van der Waals surface area contributed by atoms with E-state index in [0.717, 1.165) is 50.3 Å². The molecule has 1 fully saturated rings. The van der Waals surface area contributed by atoms with Gasteiger partial charge in [-0.15, -0.1) is 0 Å². The molecule has 0 bridgehead atoms. The number of benzene rings is 2. The van der Waals surface area contributed by atoms with Crippen LogP contribution in [-0.4, -0.2) is 64.7 Å². The van der Waals surface area contributed by atoms with Crippen LogP contribution in [0.25, 0.3) is 22.2 Å². The average molecular weight is 457 g/mol. The molecule has 34 heavy (non-hydrogen) atoms. The van der Waals surface area contributed by atoms with E-state index in [1.807, 2.05) is 36.4 Å². The molecule has 4 aromatic rings. The van der Waals surface area contributed by atoms with Crippen LogP contribution in [0.4, 0.5) is 10.5 Å². The van der Waals surface area contributed by atoms with Crippen molar-refractivity contribution in [1.82, 2.24) is 24.8 Å². The Morgan fingerprint density at radius 1 is 0.971 bits per heavy atom. The second-order valence-corrected chi connectivity index (χ2v) is 8.49. The largest absolute Gasteiger partial charge is 0.369 e. The Morgan fingerprint density at radius 2 is 1.79 bits per heavy atom. The maximum Gasteiger partial charge on any atom is 0.334 e. The number of rotatable bonds is 6. The number of para-hydroxylation sites is 1. The van der Waals surface area contributed by atoms with Gasteiger partial charge in [0.25, 0.3) is 0 Å². The summed E-state index contributed by atoms with van der Waals surface area (Å²) in [5.74, 6) is 0. The Hall–Kier alpha value is -3.91. The van der Waals surface area contributed by atoms with Crippen molar-refractivity contribution in [2.75, 3.05) is 44.2 Å². The summed E-state index contributed by atoms with van der Waals surface area (Å²) in [5.41, 5.74) is 3.84. The van der Waals surface area contributed by atoms with Gasteiger partial charge in [0.05, 0.1) is 11.0 Å². The Labute approximate surface area is 197 Å². The number of imidazole rings is 1. The fourth-order valence-electron chi connectivity index (χ4n) is 4.46. The van der Waals surface area contributed by atoms with Crippen LogP contribution in [0.1, 0.15) is 6.42 Å². The molecule has 1 aliphatic heterocycles. The first kappa shape index (κ1) is 21.9. The molecule has 0 unspecified atom stereocenters. The van der Waals surface area contributed by atoms with Gasteiger partial charge >= 0.3 is 11.7 Å². The number of nitrogens with zero attached hydrogens (tertiary/aromatic N) is 4. The highest BCUT2D eigenvalue weighted by Gasteiger charge is 2.17. The zero-order valence-corrected chi connectivity index (χ0v) is 19.0. The maximum absolute atomic E-state index is 12.8. The molecular formula is C26H28N6O2. The van der Waals surface area contributed by atoms with Gasteiger partial charge in [-0.1, -0.05) is 30.3 Å². The van der Waals surface area contributed by atoms with E-state index < -0.39 is 11.7 Å². The first-order valence-electron chi connectivity index (χ1n) is 11.6. The number of hydrogen-bond acceptors (Lipinski definition) is 5. The van der Waals surface area contributed by atoms with Gasteiger partial charge in [0.2, 0.25) is 0 Å². The van der Waals surface area contributed by atoms with Crippen LogP contribution in [0.2, 0.25) is 0 Å². The fraction of sp³-hybridized carbons (Fsp3) is 0.269. The SMILES string of the molecule is O=C(NCCCN1CCN(c2ccccc2)CC1)n1c(=O)[nH]c2ccc(-c3cccnc3)cc21. The van der Waals surface area contributed by atoms with Crippen LogP contribution >= 0.6 is 0 Å². The van der Waals surface area contributed by atoms with E-state index in [0.29, 0.717) is 17.6 Å². The molecule has 2 N–H and O–H groups in total. The average Bonchev–Trinajstić information content (AvgIpc) is 3.23. The number of amides is 1. The number of carbonyl (C=O) groups excluding carboxylic acids is 1. The molecule has 5 rings (SSSR count). The number of aromatic nitrogens is 3. The van der Waals surface area contributed by atoms with E-state index in [1.165, 1.54) is 10.3 Å². The minimum absolute atomic E-state index is 0.409. The monoisotopic (exact) mass is 456 g/mol. The highest BCUT2D eigenvalue weighted by molar-refractivity contribution is 5.91. The molecule has 0 spiro atoms. The van der Waals surface area contributed by atoms with Crippen LogP contribution < -0.4 is 15.9 Å². The minimum atomic E-state index is -0.437. The van der Waals surface area contributed by atoms with E-state index in [-0.39, 0.29) is 0 Å². The Kier molecular flexibility index (Phi) is 6.40. The molecule has 0 atom stereocenters. The summed E-state index contributed by atoms with van der Waals surface area (Å²) >= 11 is 0. The first-order valence-corrected chi connectivity index (χ1v) is 11.6. The predicted octanol–water partition coefficient (Wildman–Crippen LogP) is 3.16. The zero-order valence-electron chi connectivity index (χ0n) is 19.0. The van der Waals surface area contributed by atoms with Crippen LogP contribution in [-0.2, 0) is 0 Å². The molecule has 2 aromatic carbocycles. The van der Waals surface area contributed by atoms with E-state index in [1.54, 1.807) is 12.4 Å². The third kappa shape index (κ3) is 4.72. The summed E-state index contributed by atoms with van der Waals surface area (Å²) in [5, 5.41) is 2.91. The Balaban J connectivity index is 1.16. The molecule has 3 heterocycles. The van der Waals surface area contributed by atoms with Crippen molar-refractivity contribution in [1.29, 1.82) is 0 Å². The predicted molar refractivity (Wildman–Crippen MR) is 134 cm³/mol. The van der Waals surface area contributed by atoms with Crippen molar-refractivity contribution in [3.63, 3.8) is 0 Å². The van der Waals surface area contributed by atoms with Gasteiger partial charge in [-0.3, -0.25) is 9.88 Å². The molecule has 0 radical (unpaired) electrons. The molecule has 1 aliphatic rings. The molecule has 0 aliphatic carbocycles. The fourth-order valence-corrected chi connectivity index (χ4v) is 4.46. The second-order valence-electron chi connectivity index (χ2n) is 8.49. The lowest BCUT2D eigenvalue weighted by atomic mass is 10.1. The Bertz CT molecular complexity index is 1310. The van der Waals surface area contributed by atoms with E-state index in [2.05, 4.69) is 49.4 Å². The Morgan fingerprint density at radius 3 is 2.56 bits per heavy atom. The number of aromatic amines is 1. The van der Waals surface area contributed by atoms with E-state index in [9.17, 15) is 9.59 Å². The van der Waals surface area contributed by atoms with Gasteiger partial charge < -0.3 is 15.2 Å². The van der Waals surface area contributed by atoms with Gasteiger partial charge in [-0.2, -0.15) is 0 Å². The summed E-state index contributed by atoms with van der Waals surface area (Å²) in [6.07, 6.45) is 4.30. The number of anilines is 1. The summed E-state index contributed by atoms with van der Waals surface area (Å²) in [4.78, 5) is 37.1. The number of hydrogen-bond donors (Lipinski definition) is 2. The summed E-state index contributed by atoms with van der Waals surface area (Å²) in [6, 6.07) is 19.5. The van der Waals surface area contributed by atoms with Crippen molar-refractivity contribution in [2.45, 2.75) is 6.42 Å².